The second-order valence-electron chi connectivity index (χ2n) is 27.3. The standard InChI is InChI=1S/C30H19N3.C29H18N3.C18H14N.2C11H8N.C6H6.2Ir.Pt/c1-3-8-20(9-4-1)26-16-14-24-18-22-12-7-13-23-19-25-15-17-27(21-10-5-2-6-11-21)32-30(25)33(28(22)23)29(24)31-26;1-3-9-19(10-4-1)25-16-23-22-15-24-21-13-7-8-14-28(21)32(20-11-5-2-6-12-20)29(24)17-26(22)31-27(23)18-30-25;1-14-12-18(16-10-6-3-7-11-16)19-13-17(14)15-8-4-2-5-9-15;2*1-2-6-10(7-3-1)11-8-4-5-9-12-11;1-2-4-6-5-3-1;;;/h1-8,10,12-17H,18-19H2;1-9,11-18,31H;2-10,12-13H,1H3;2*1-6,8-9H;1-6H;;;/q-2;4*-1;;;;+2. The molecule has 570 valence electrons. The molecule has 0 atom stereocenters. The van der Waals surface area contributed by atoms with Crippen molar-refractivity contribution in [2.75, 3.05) is 4.90 Å². The van der Waals surface area contributed by atoms with Crippen molar-refractivity contribution in [3.63, 3.8) is 0 Å². The minimum atomic E-state index is 0. The zero-order valence-electron chi connectivity index (χ0n) is 63.5. The quantitative estimate of drug-likeness (QED) is 0.151. The SMILES string of the molecule is Cc1cc(-c2[c-]cccc2)ncc1-c1ccccc1.[Ir].[Ir].[Pt+2].[c-]1ccccc1-c1cc2c(cn1)[nH]c1cc3c(cc12)c1ccccc1n3-c1ccccc1.[c-]1ccccc1-c1ccc2c(n1)N1c3nc(-c4[c-]cccc4)ccc3Cc3cccc(c31)C2.[c-]1ccccc1-c1ccccn1.[c-]1ccccc1-c1ccccn1.c1ccccc1. The first-order valence-corrected chi connectivity index (χ1v) is 38.0. The molecule has 0 saturated carbocycles. The molecule has 2 radical (unpaired) electrons. The van der Waals surface area contributed by atoms with Crippen LogP contribution >= 0.6 is 0 Å². The third-order valence-electron chi connectivity index (χ3n) is 19.9. The molecule has 8 aromatic heterocycles. The van der Waals surface area contributed by atoms with Gasteiger partial charge < -0.3 is 29.5 Å². The summed E-state index contributed by atoms with van der Waals surface area (Å²) in [5, 5.41) is 4.90. The van der Waals surface area contributed by atoms with Crippen molar-refractivity contribution in [1.82, 2.24) is 39.5 Å². The number of para-hydroxylation sites is 3. The molecule has 20 aromatic rings. The summed E-state index contributed by atoms with van der Waals surface area (Å²) in [4.78, 5) is 33.8. The Morgan fingerprint density at radius 1 is 0.308 bits per heavy atom. The van der Waals surface area contributed by atoms with Gasteiger partial charge in [0.2, 0.25) is 0 Å². The van der Waals surface area contributed by atoms with Crippen molar-refractivity contribution in [3.8, 4) is 84.4 Å². The Bertz CT molecular complexity index is 6290. The van der Waals surface area contributed by atoms with Gasteiger partial charge >= 0.3 is 21.1 Å². The number of fused-ring (bicyclic) bond motifs is 10. The monoisotopic (exact) mass is 2040 g/mol. The molecule has 0 amide bonds. The summed E-state index contributed by atoms with van der Waals surface area (Å²) in [6.07, 6.45) is 9.21. The van der Waals surface area contributed by atoms with E-state index in [1.54, 1.807) is 12.4 Å². The maximum absolute atomic E-state index is 5.16. The maximum Gasteiger partial charge on any atom is 2.00 e. The number of benzene rings is 12. The zero-order chi connectivity index (χ0) is 76.6. The molecule has 22 rings (SSSR count). The summed E-state index contributed by atoms with van der Waals surface area (Å²) in [7, 11) is 0. The Kier molecular flexibility index (Phi) is 26.7. The van der Waals surface area contributed by atoms with Gasteiger partial charge in [0.05, 0.1) is 22.2 Å². The van der Waals surface area contributed by atoms with Crippen LogP contribution in [0.1, 0.15) is 27.8 Å². The van der Waals surface area contributed by atoms with Gasteiger partial charge in [-0.05, 0) is 117 Å². The maximum atomic E-state index is 5.16. The number of aromatic amines is 1. The van der Waals surface area contributed by atoms with Crippen molar-refractivity contribution in [2.24, 2.45) is 0 Å². The molecular formula is C105H73Ir2N9Pt-4. The molecule has 12 heteroatoms. The van der Waals surface area contributed by atoms with E-state index < -0.39 is 0 Å². The Labute approximate surface area is 723 Å². The predicted molar refractivity (Wildman–Crippen MR) is 465 cm³/mol. The Balaban J connectivity index is 0.000000124. The van der Waals surface area contributed by atoms with E-state index >= 15 is 0 Å². The molecule has 9 nitrogen and oxygen atoms in total. The topological polar surface area (TPSA) is 101 Å². The smallest absolute Gasteiger partial charge is 0.353 e. The first kappa shape index (κ1) is 80.5. The van der Waals surface area contributed by atoms with E-state index in [0.717, 1.165) is 109 Å². The molecule has 0 saturated heterocycles. The van der Waals surface area contributed by atoms with Crippen LogP contribution in [0, 0.1) is 43.3 Å². The second kappa shape index (κ2) is 38.8. The minimum Gasteiger partial charge on any atom is -0.353 e. The van der Waals surface area contributed by atoms with Crippen LogP contribution in [0.2, 0.25) is 0 Å². The van der Waals surface area contributed by atoms with Gasteiger partial charge in [0.1, 0.15) is 11.6 Å². The number of pyridine rings is 6. The summed E-state index contributed by atoms with van der Waals surface area (Å²) in [6.45, 7) is 2.12. The first-order valence-electron chi connectivity index (χ1n) is 38.0. The van der Waals surface area contributed by atoms with Crippen molar-refractivity contribution in [3.05, 3.63) is 459 Å². The number of rotatable bonds is 8. The molecule has 0 fully saturated rings. The third-order valence-corrected chi connectivity index (χ3v) is 19.9. The molecule has 117 heavy (non-hydrogen) atoms. The number of anilines is 3. The van der Waals surface area contributed by atoms with Gasteiger partial charge in [-0.15, -0.1) is 215 Å². The minimum absolute atomic E-state index is 0. The van der Waals surface area contributed by atoms with Gasteiger partial charge in [-0.3, -0.25) is 14.9 Å². The number of aromatic nitrogens is 8. The van der Waals surface area contributed by atoms with Gasteiger partial charge in [-0.1, -0.05) is 182 Å². The van der Waals surface area contributed by atoms with E-state index in [0.29, 0.717) is 0 Å². The van der Waals surface area contributed by atoms with E-state index in [1.165, 1.54) is 77.2 Å². The average molecular weight is 2040 g/mol. The van der Waals surface area contributed by atoms with E-state index in [2.05, 4.69) is 229 Å². The molecule has 2 aliphatic rings. The fourth-order valence-electron chi connectivity index (χ4n) is 14.5. The van der Waals surface area contributed by atoms with Gasteiger partial charge in [0.25, 0.3) is 0 Å². The largest absolute Gasteiger partial charge is 2.00 e. The normalized spacial score (nSPS) is 11.0. The van der Waals surface area contributed by atoms with Gasteiger partial charge in [0.15, 0.2) is 0 Å². The molecule has 2 aliphatic heterocycles. The summed E-state index contributed by atoms with van der Waals surface area (Å²) < 4.78 is 2.35. The van der Waals surface area contributed by atoms with Gasteiger partial charge in [0, 0.05) is 116 Å². The molecular weight excluding hydrogens is 1970 g/mol. The average Bonchev–Trinajstić information content (AvgIpc) is 1.72. The molecule has 0 spiro atoms. The van der Waals surface area contributed by atoms with Crippen LogP contribution in [-0.4, -0.2) is 39.5 Å². The summed E-state index contributed by atoms with van der Waals surface area (Å²) in [5.74, 6) is 1.93. The van der Waals surface area contributed by atoms with Crippen LogP contribution in [0.25, 0.3) is 128 Å². The third kappa shape index (κ3) is 18.5. The predicted octanol–water partition coefficient (Wildman–Crippen LogP) is 25.3. The number of nitrogens with one attached hydrogen (secondary N) is 1. The van der Waals surface area contributed by atoms with E-state index in [4.69, 9.17) is 9.97 Å². The Hall–Kier alpha value is -13.1. The van der Waals surface area contributed by atoms with Crippen LogP contribution < -0.4 is 4.90 Å². The summed E-state index contributed by atoms with van der Waals surface area (Å²) in [6, 6.07) is 144. The Morgan fingerprint density at radius 2 is 0.726 bits per heavy atom. The van der Waals surface area contributed by atoms with Crippen molar-refractivity contribution in [1.29, 1.82) is 0 Å². The van der Waals surface area contributed by atoms with Crippen LogP contribution in [-0.2, 0) is 74.1 Å². The van der Waals surface area contributed by atoms with Crippen LogP contribution in [0.15, 0.2) is 395 Å². The molecule has 0 bridgehead atoms. The summed E-state index contributed by atoms with van der Waals surface area (Å²) >= 11 is 0. The molecule has 10 heterocycles. The number of nitrogens with zero attached hydrogens (tertiary/aromatic N) is 8. The van der Waals surface area contributed by atoms with Gasteiger partial charge in [-0.2, -0.15) is 0 Å². The van der Waals surface area contributed by atoms with E-state index in [-0.39, 0.29) is 61.3 Å². The molecule has 0 aliphatic carbocycles. The zero-order valence-corrected chi connectivity index (χ0v) is 70.6. The second-order valence-corrected chi connectivity index (χ2v) is 27.3. The van der Waals surface area contributed by atoms with Crippen molar-refractivity contribution < 1.29 is 61.3 Å². The molecule has 1 N–H and O–H groups in total. The van der Waals surface area contributed by atoms with Crippen molar-refractivity contribution >= 4 is 60.9 Å². The number of H-pyrrole nitrogens is 1. The number of aryl methyl sites for hydroxylation is 1. The summed E-state index contributed by atoms with van der Waals surface area (Å²) in [5.41, 5.74) is 27.5. The van der Waals surface area contributed by atoms with Crippen molar-refractivity contribution in [2.45, 2.75) is 19.8 Å². The van der Waals surface area contributed by atoms with E-state index in [1.807, 2.05) is 231 Å². The molecule has 12 aromatic carbocycles. The van der Waals surface area contributed by atoms with Crippen LogP contribution in [0.3, 0.4) is 0 Å². The fourth-order valence-corrected chi connectivity index (χ4v) is 14.5. The van der Waals surface area contributed by atoms with E-state index in [9.17, 15) is 0 Å². The van der Waals surface area contributed by atoms with Crippen LogP contribution in [0.5, 0.6) is 0 Å². The fraction of sp³-hybridized carbons (Fsp3) is 0.0286. The number of hydrogen-bond donors (Lipinski definition) is 1. The Morgan fingerprint density at radius 3 is 1.20 bits per heavy atom. The first-order chi connectivity index (χ1) is 56.5. The van der Waals surface area contributed by atoms with Crippen LogP contribution in [0.4, 0.5) is 17.3 Å². The van der Waals surface area contributed by atoms with Gasteiger partial charge in [-0.25, -0.2) is 0 Å². The number of hydrogen-bond acceptors (Lipinski definition) is 7. The molecule has 0 unspecified atom stereocenters.